The zero-order valence-electron chi connectivity index (χ0n) is 14.9. The fraction of sp³-hybridized carbons (Fsp3) is 0.476. The van der Waals surface area contributed by atoms with E-state index in [1.54, 1.807) is 0 Å². The summed E-state index contributed by atoms with van der Waals surface area (Å²) in [5, 5.41) is 0. The monoisotopic (exact) mass is 295 g/mol. The van der Waals surface area contributed by atoms with Gasteiger partial charge in [-0.05, 0) is 59.9 Å². The summed E-state index contributed by atoms with van der Waals surface area (Å²) >= 11 is 0. The van der Waals surface area contributed by atoms with E-state index >= 15 is 0 Å². The van der Waals surface area contributed by atoms with Crippen LogP contribution in [-0.2, 0) is 0 Å². The number of aryl methyl sites for hydroxylation is 1. The van der Waals surface area contributed by atoms with Crippen LogP contribution in [0.4, 0.5) is 0 Å². The van der Waals surface area contributed by atoms with Crippen LogP contribution in [0.15, 0.2) is 42.6 Å². The summed E-state index contributed by atoms with van der Waals surface area (Å²) in [6, 6.07) is 13.0. The zero-order valence-corrected chi connectivity index (χ0v) is 14.9. The maximum Gasteiger partial charge on any atom is 0.0704 e. The van der Waals surface area contributed by atoms with Crippen LogP contribution in [0.3, 0.4) is 0 Å². The molecule has 0 aliphatic heterocycles. The van der Waals surface area contributed by atoms with Crippen LogP contribution in [0.1, 0.15) is 58.1 Å². The zero-order chi connectivity index (χ0) is 16.3. The van der Waals surface area contributed by atoms with Crippen LogP contribution in [0.5, 0.6) is 0 Å². The van der Waals surface area contributed by atoms with Crippen LogP contribution in [0, 0.1) is 18.3 Å². The molecule has 1 heteroatoms. The highest BCUT2D eigenvalue weighted by Gasteiger charge is 2.27. The van der Waals surface area contributed by atoms with Gasteiger partial charge in [-0.2, -0.15) is 0 Å². The van der Waals surface area contributed by atoms with Crippen molar-refractivity contribution < 1.29 is 0 Å². The Bertz CT molecular complexity index is 606. The second-order valence-corrected chi connectivity index (χ2v) is 7.84. The highest BCUT2D eigenvalue weighted by atomic mass is 14.7. The molecule has 0 amide bonds. The van der Waals surface area contributed by atoms with Gasteiger partial charge in [0.1, 0.15) is 0 Å². The van der Waals surface area contributed by atoms with Crippen molar-refractivity contribution >= 4 is 0 Å². The van der Waals surface area contributed by atoms with Gasteiger partial charge in [-0.15, -0.1) is 0 Å². The molecule has 2 rings (SSSR count). The van der Waals surface area contributed by atoms with Gasteiger partial charge in [0.2, 0.25) is 0 Å². The van der Waals surface area contributed by atoms with Crippen LogP contribution >= 0.6 is 0 Å². The molecular weight excluding hydrogens is 266 g/mol. The third-order valence-electron chi connectivity index (χ3n) is 4.36. The number of pyridine rings is 1. The fourth-order valence-corrected chi connectivity index (χ4v) is 3.12. The predicted molar refractivity (Wildman–Crippen MR) is 96.1 cm³/mol. The SMILES string of the molecule is Cc1ccc(C(CC(C)C)C(C)(C)C)cc1-c1ccccn1. The normalized spacial score (nSPS) is 13.4. The Kier molecular flexibility index (Phi) is 5.05. The Labute approximate surface area is 135 Å². The van der Waals surface area contributed by atoms with E-state index in [2.05, 4.69) is 76.9 Å². The summed E-state index contributed by atoms with van der Waals surface area (Å²) in [7, 11) is 0. The minimum absolute atomic E-state index is 0.265. The second kappa shape index (κ2) is 6.64. The van der Waals surface area contributed by atoms with E-state index in [0.717, 1.165) is 5.69 Å². The average molecular weight is 295 g/mol. The minimum Gasteiger partial charge on any atom is -0.256 e. The van der Waals surface area contributed by atoms with Crippen molar-refractivity contribution in [3.8, 4) is 11.3 Å². The minimum atomic E-state index is 0.265. The first-order chi connectivity index (χ1) is 10.3. The molecule has 0 bridgehead atoms. The van der Waals surface area contributed by atoms with Gasteiger partial charge in [0.15, 0.2) is 0 Å². The summed E-state index contributed by atoms with van der Waals surface area (Å²) in [6.07, 6.45) is 3.09. The van der Waals surface area contributed by atoms with Gasteiger partial charge in [0.05, 0.1) is 5.69 Å². The Hall–Kier alpha value is -1.63. The molecule has 1 nitrogen and oxygen atoms in total. The first-order valence-corrected chi connectivity index (χ1v) is 8.31. The second-order valence-electron chi connectivity index (χ2n) is 7.84. The first kappa shape index (κ1) is 16.7. The Morgan fingerprint density at radius 3 is 2.32 bits per heavy atom. The molecule has 0 aliphatic carbocycles. The highest BCUT2D eigenvalue weighted by molar-refractivity contribution is 5.64. The molecule has 1 atom stereocenters. The summed E-state index contributed by atoms with van der Waals surface area (Å²) in [5.74, 6) is 1.26. The lowest BCUT2D eigenvalue weighted by molar-refractivity contribution is 0.280. The molecule has 2 aromatic rings. The van der Waals surface area contributed by atoms with Crippen molar-refractivity contribution in [2.45, 2.75) is 53.9 Å². The molecule has 0 aliphatic rings. The maximum absolute atomic E-state index is 4.53. The van der Waals surface area contributed by atoms with E-state index in [9.17, 15) is 0 Å². The van der Waals surface area contributed by atoms with Gasteiger partial charge in [-0.25, -0.2) is 0 Å². The van der Waals surface area contributed by atoms with Crippen LogP contribution in [-0.4, -0.2) is 4.98 Å². The molecule has 0 N–H and O–H groups in total. The van der Waals surface area contributed by atoms with Crippen molar-refractivity contribution in [3.63, 3.8) is 0 Å². The van der Waals surface area contributed by atoms with Crippen molar-refractivity contribution in [2.24, 2.45) is 11.3 Å². The van der Waals surface area contributed by atoms with Gasteiger partial charge in [0, 0.05) is 11.8 Å². The van der Waals surface area contributed by atoms with Crippen LogP contribution < -0.4 is 0 Å². The molecule has 1 unspecified atom stereocenters. The van der Waals surface area contributed by atoms with Crippen LogP contribution in [0.2, 0.25) is 0 Å². The third kappa shape index (κ3) is 3.97. The number of aromatic nitrogens is 1. The molecule has 0 spiro atoms. The van der Waals surface area contributed by atoms with E-state index in [1.165, 1.54) is 23.1 Å². The molecule has 1 aromatic heterocycles. The lowest BCUT2D eigenvalue weighted by atomic mass is 9.72. The summed E-state index contributed by atoms with van der Waals surface area (Å²) in [4.78, 5) is 4.53. The van der Waals surface area contributed by atoms with E-state index in [4.69, 9.17) is 0 Å². The molecule has 0 radical (unpaired) electrons. The Morgan fingerprint density at radius 1 is 1.05 bits per heavy atom. The molecule has 118 valence electrons. The topological polar surface area (TPSA) is 12.9 Å². The number of nitrogens with zero attached hydrogens (tertiary/aromatic N) is 1. The lowest BCUT2D eigenvalue weighted by Crippen LogP contribution is -2.20. The van der Waals surface area contributed by atoms with E-state index in [1.807, 2.05) is 12.3 Å². The molecule has 0 saturated heterocycles. The lowest BCUT2D eigenvalue weighted by Gasteiger charge is -2.33. The predicted octanol–water partition coefficient (Wildman–Crippen LogP) is 6.23. The molecule has 1 heterocycles. The number of benzene rings is 1. The Morgan fingerprint density at radius 2 is 1.77 bits per heavy atom. The van der Waals surface area contributed by atoms with E-state index < -0.39 is 0 Å². The van der Waals surface area contributed by atoms with Crippen molar-refractivity contribution in [1.82, 2.24) is 4.98 Å². The molecule has 1 aromatic carbocycles. The molecule has 0 fully saturated rings. The number of hydrogen-bond acceptors (Lipinski definition) is 1. The third-order valence-corrected chi connectivity index (χ3v) is 4.36. The number of hydrogen-bond donors (Lipinski definition) is 0. The summed E-state index contributed by atoms with van der Waals surface area (Å²) in [5.41, 5.74) is 5.32. The largest absolute Gasteiger partial charge is 0.256 e. The highest BCUT2D eigenvalue weighted by Crippen LogP contribution is 2.41. The van der Waals surface area contributed by atoms with Gasteiger partial charge in [0.25, 0.3) is 0 Å². The average Bonchev–Trinajstić information content (AvgIpc) is 2.45. The molecule has 22 heavy (non-hydrogen) atoms. The fourth-order valence-electron chi connectivity index (χ4n) is 3.12. The van der Waals surface area contributed by atoms with Crippen LogP contribution in [0.25, 0.3) is 11.3 Å². The first-order valence-electron chi connectivity index (χ1n) is 8.31. The standard InChI is InChI=1S/C21H29N/c1-15(2)13-19(21(4,5)6)17-11-10-16(3)18(14-17)20-9-7-8-12-22-20/h7-12,14-15,19H,13H2,1-6H3. The maximum atomic E-state index is 4.53. The number of rotatable bonds is 4. The van der Waals surface area contributed by atoms with E-state index in [0.29, 0.717) is 11.8 Å². The smallest absolute Gasteiger partial charge is 0.0704 e. The Balaban J connectivity index is 2.47. The van der Waals surface area contributed by atoms with Gasteiger partial charge in [-0.1, -0.05) is 52.8 Å². The quantitative estimate of drug-likeness (QED) is 0.651. The molecular formula is C21H29N. The molecule has 0 saturated carbocycles. The van der Waals surface area contributed by atoms with Gasteiger partial charge >= 0.3 is 0 Å². The van der Waals surface area contributed by atoms with Gasteiger partial charge < -0.3 is 0 Å². The summed E-state index contributed by atoms with van der Waals surface area (Å²) < 4.78 is 0. The van der Waals surface area contributed by atoms with E-state index in [-0.39, 0.29) is 5.41 Å². The van der Waals surface area contributed by atoms with Crippen molar-refractivity contribution in [1.29, 1.82) is 0 Å². The van der Waals surface area contributed by atoms with Gasteiger partial charge in [-0.3, -0.25) is 4.98 Å². The summed E-state index contributed by atoms with van der Waals surface area (Å²) in [6.45, 7) is 13.8. The van der Waals surface area contributed by atoms with Crippen molar-refractivity contribution in [2.75, 3.05) is 0 Å². The van der Waals surface area contributed by atoms with Crippen molar-refractivity contribution in [3.05, 3.63) is 53.7 Å².